The lowest BCUT2D eigenvalue weighted by Gasteiger charge is -2.24. The first kappa shape index (κ1) is 14.2. The van der Waals surface area contributed by atoms with E-state index in [4.69, 9.17) is 5.73 Å². The highest BCUT2D eigenvalue weighted by molar-refractivity contribution is 5.74. The molecule has 0 radical (unpaired) electrons. The van der Waals surface area contributed by atoms with Gasteiger partial charge < -0.3 is 11.1 Å². The van der Waals surface area contributed by atoms with Gasteiger partial charge in [0.05, 0.1) is 0 Å². The van der Waals surface area contributed by atoms with Crippen LogP contribution in [0.15, 0.2) is 0 Å². The van der Waals surface area contributed by atoms with Gasteiger partial charge in [-0.25, -0.2) is 0 Å². The molecule has 15 heavy (non-hydrogen) atoms. The van der Waals surface area contributed by atoms with Gasteiger partial charge in [-0.15, -0.1) is 0 Å². The van der Waals surface area contributed by atoms with E-state index >= 15 is 0 Å². The average molecular weight is 226 g/mol. The topological polar surface area (TPSA) is 55.1 Å². The first-order valence-electron chi connectivity index (χ1n) is 4.72. The summed E-state index contributed by atoms with van der Waals surface area (Å²) in [6.45, 7) is 3.68. The highest BCUT2D eigenvalue weighted by Gasteiger charge is 2.26. The second-order valence-corrected chi connectivity index (χ2v) is 4.17. The molecule has 3 nitrogen and oxygen atoms in total. The van der Waals surface area contributed by atoms with E-state index in [-0.39, 0.29) is 19.4 Å². The lowest BCUT2D eigenvalue weighted by atomic mass is 10.0. The summed E-state index contributed by atoms with van der Waals surface area (Å²) in [5.74, 6) is -0.469. The average Bonchev–Trinajstić information content (AvgIpc) is 1.93. The first-order chi connectivity index (χ1) is 6.62. The molecule has 0 heterocycles. The highest BCUT2D eigenvalue weighted by Crippen LogP contribution is 2.21. The minimum Gasteiger partial charge on any atom is -0.370 e. The van der Waals surface area contributed by atoms with E-state index in [1.165, 1.54) is 0 Å². The number of carbonyl (C=O) groups is 1. The SMILES string of the molecule is CC(C)(CC(N)=O)NCCCC(F)(F)F. The zero-order chi connectivity index (χ0) is 12.1. The molecule has 0 rings (SSSR count). The molecule has 0 atom stereocenters. The molecular formula is C9H17F3N2O. The Kier molecular flexibility index (Phi) is 5.07. The fourth-order valence-electron chi connectivity index (χ4n) is 1.21. The third-order valence-electron chi connectivity index (χ3n) is 1.86. The summed E-state index contributed by atoms with van der Waals surface area (Å²) in [5, 5.41) is 2.86. The van der Waals surface area contributed by atoms with Crippen molar-refractivity contribution < 1.29 is 18.0 Å². The molecule has 0 aliphatic carbocycles. The largest absolute Gasteiger partial charge is 0.389 e. The molecule has 0 aliphatic rings. The van der Waals surface area contributed by atoms with Crippen LogP contribution in [0.5, 0.6) is 0 Å². The van der Waals surface area contributed by atoms with E-state index in [2.05, 4.69) is 5.32 Å². The lowest BCUT2D eigenvalue weighted by molar-refractivity contribution is -0.135. The van der Waals surface area contributed by atoms with Crippen molar-refractivity contribution >= 4 is 5.91 Å². The van der Waals surface area contributed by atoms with Crippen LogP contribution in [0.3, 0.4) is 0 Å². The summed E-state index contributed by atoms with van der Waals surface area (Å²) in [5.41, 5.74) is 4.45. The van der Waals surface area contributed by atoms with Crippen molar-refractivity contribution in [1.82, 2.24) is 5.32 Å². The standard InChI is InChI=1S/C9H17F3N2O/c1-8(2,6-7(13)15)14-5-3-4-9(10,11)12/h14H,3-6H2,1-2H3,(H2,13,15). The van der Waals surface area contributed by atoms with E-state index in [0.717, 1.165) is 0 Å². The van der Waals surface area contributed by atoms with Crippen molar-refractivity contribution in [2.75, 3.05) is 6.54 Å². The smallest absolute Gasteiger partial charge is 0.370 e. The predicted molar refractivity (Wildman–Crippen MR) is 51.2 cm³/mol. The fraction of sp³-hybridized carbons (Fsp3) is 0.889. The monoisotopic (exact) mass is 226 g/mol. The Balaban J connectivity index is 3.71. The van der Waals surface area contributed by atoms with E-state index in [9.17, 15) is 18.0 Å². The number of carbonyl (C=O) groups excluding carboxylic acids is 1. The molecule has 0 saturated carbocycles. The maximum atomic E-state index is 11.8. The van der Waals surface area contributed by atoms with E-state index in [1.54, 1.807) is 13.8 Å². The molecule has 0 aliphatic heterocycles. The number of nitrogens with one attached hydrogen (secondary N) is 1. The van der Waals surface area contributed by atoms with Gasteiger partial charge in [0, 0.05) is 18.4 Å². The molecule has 3 N–H and O–H groups in total. The van der Waals surface area contributed by atoms with Gasteiger partial charge in [-0.2, -0.15) is 13.2 Å². The Morgan fingerprint density at radius 1 is 1.33 bits per heavy atom. The lowest BCUT2D eigenvalue weighted by Crippen LogP contribution is -2.43. The Labute approximate surface area is 87.2 Å². The Morgan fingerprint density at radius 2 is 1.87 bits per heavy atom. The maximum absolute atomic E-state index is 11.8. The summed E-state index contributed by atoms with van der Waals surface area (Å²) < 4.78 is 35.4. The molecular weight excluding hydrogens is 209 g/mol. The van der Waals surface area contributed by atoms with Crippen LogP contribution in [-0.4, -0.2) is 24.2 Å². The molecule has 6 heteroatoms. The van der Waals surface area contributed by atoms with Crippen LogP contribution < -0.4 is 11.1 Å². The van der Waals surface area contributed by atoms with Crippen LogP contribution in [0.25, 0.3) is 0 Å². The summed E-state index contributed by atoms with van der Waals surface area (Å²) in [7, 11) is 0. The summed E-state index contributed by atoms with van der Waals surface area (Å²) in [6.07, 6.45) is -4.81. The predicted octanol–water partition coefficient (Wildman–Crippen LogP) is 1.57. The normalized spacial score (nSPS) is 12.9. The number of nitrogens with two attached hydrogens (primary N) is 1. The number of primary amides is 1. The second kappa shape index (κ2) is 5.34. The van der Waals surface area contributed by atoms with E-state index < -0.39 is 24.0 Å². The van der Waals surface area contributed by atoms with E-state index in [1.807, 2.05) is 0 Å². The van der Waals surface area contributed by atoms with Crippen molar-refractivity contribution in [2.24, 2.45) is 5.73 Å². The van der Waals surface area contributed by atoms with Gasteiger partial charge in [0.2, 0.25) is 5.91 Å². The second-order valence-electron chi connectivity index (χ2n) is 4.17. The molecule has 0 bridgehead atoms. The van der Waals surface area contributed by atoms with Gasteiger partial charge in [-0.05, 0) is 26.8 Å². The number of hydrogen-bond donors (Lipinski definition) is 2. The van der Waals surface area contributed by atoms with Gasteiger partial charge in [0.15, 0.2) is 0 Å². The minimum absolute atomic E-state index is 0.00565. The Bertz CT molecular complexity index is 214. The summed E-state index contributed by atoms with van der Waals surface area (Å²) in [6, 6.07) is 0. The van der Waals surface area contributed by atoms with Crippen LogP contribution in [0, 0.1) is 0 Å². The Hall–Kier alpha value is -0.780. The van der Waals surface area contributed by atoms with Crippen LogP contribution in [0.4, 0.5) is 13.2 Å². The number of amides is 1. The van der Waals surface area contributed by atoms with Gasteiger partial charge in [0.1, 0.15) is 0 Å². The molecule has 1 amide bonds. The summed E-state index contributed by atoms with van der Waals surface area (Å²) in [4.78, 5) is 10.6. The number of alkyl halides is 3. The number of hydrogen-bond acceptors (Lipinski definition) is 2. The number of halogens is 3. The minimum atomic E-state index is -4.12. The summed E-state index contributed by atoms with van der Waals surface area (Å²) >= 11 is 0. The third-order valence-corrected chi connectivity index (χ3v) is 1.86. The van der Waals surface area contributed by atoms with Crippen LogP contribution in [-0.2, 0) is 4.79 Å². The van der Waals surface area contributed by atoms with Crippen molar-refractivity contribution in [2.45, 2.75) is 44.8 Å². The molecule has 0 aromatic carbocycles. The zero-order valence-corrected chi connectivity index (χ0v) is 8.95. The van der Waals surface area contributed by atoms with E-state index in [0.29, 0.717) is 0 Å². The molecule has 0 unspecified atom stereocenters. The van der Waals surface area contributed by atoms with Crippen LogP contribution >= 0.6 is 0 Å². The molecule has 90 valence electrons. The van der Waals surface area contributed by atoms with Crippen molar-refractivity contribution in [3.63, 3.8) is 0 Å². The maximum Gasteiger partial charge on any atom is 0.389 e. The van der Waals surface area contributed by atoms with Gasteiger partial charge in [-0.3, -0.25) is 4.79 Å². The highest BCUT2D eigenvalue weighted by atomic mass is 19.4. The quantitative estimate of drug-likeness (QED) is 0.675. The molecule has 0 saturated heterocycles. The first-order valence-corrected chi connectivity index (χ1v) is 4.72. The molecule has 0 fully saturated rings. The molecule has 0 spiro atoms. The zero-order valence-electron chi connectivity index (χ0n) is 8.95. The Morgan fingerprint density at radius 3 is 2.27 bits per heavy atom. The van der Waals surface area contributed by atoms with Crippen molar-refractivity contribution in [1.29, 1.82) is 0 Å². The van der Waals surface area contributed by atoms with Crippen LogP contribution in [0.2, 0.25) is 0 Å². The molecule has 0 aromatic heterocycles. The van der Waals surface area contributed by atoms with Crippen LogP contribution in [0.1, 0.15) is 33.1 Å². The van der Waals surface area contributed by atoms with Crippen molar-refractivity contribution in [3.8, 4) is 0 Å². The molecule has 0 aromatic rings. The third kappa shape index (κ3) is 9.52. The van der Waals surface area contributed by atoms with Gasteiger partial charge in [-0.1, -0.05) is 0 Å². The fourth-order valence-corrected chi connectivity index (χ4v) is 1.21. The van der Waals surface area contributed by atoms with Gasteiger partial charge in [0.25, 0.3) is 0 Å². The van der Waals surface area contributed by atoms with Crippen molar-refractivity contribution in [3.05, 3.63) is 0 Å². The van der Waals surface area contributed by atoms with Gasteiger partial charge >= 0.3 is 6.18 Å². The number of rotatable bonds is 6.